The van der Waals surface area contributed by atoms with Gasteiger partial charge in [-0.1, -0.05) is 18.9 Å². The van der Waals surface area contributed by atoms with Crippen molar-refractivity contribution in [3.05, 3.63) is 29.6 Å². The summed E-state index contributed by atoms with van der Waals surface area (Å²) in [7, 11) is 0. The summed E-state index contributed by atoms with van der Waals surface area (Å²) in [5, 5.41) is 3.51. The van der Waals surface area contributed by atoms with Crippen LogP contribution in [0.2, 0.25) is 0 Å². The third kappa shape index (κ3) is 3.80. The molecule has 4 heteroatoms. The lowest BCUT2D eigenvalue weighted by atomic mass is 9.78. The largest absolute Gasteiger partial charge is 0.368 e. The van der Waals surface area contributed by atoms with E-state index in [1.165, 1.54) is 36.9 Å². The number of nitrogens with two attached hydrogens (primary N) is 1. The number of pyridine rings is 1. The molecule has 0 saturated heterocycles. The molecule has 3 N–H and O–H groups in total. The molecule has 2 aliphatic carbocycles. The minimum Gasteiger partial charge on any atom is -0.368 e. The van der Waals surface area contributed by atoms with Crippen LogP contribution in [0.1, 0.15) is 75.0 Å². The highest BCUT2D eigenvalue weighted by Crippen LogP contribution is 2.37. The van der Waals surface area contributed by atoms with Gasteiger partial charge in [0.2, 0.25) is 5.91 Å². The van der Waals surface area contributed by atoms with Crippen LogP contribution in [0.25, 0.3) is 0 Å². The molecule has 0 bridgehead atoms. The normalized spacial score (nSPS) is 26.4. The Balaban J connectivity index is 1.44. The summed E-state index contributed by atoms with van der Waals surface area (Å²) in [4.78, 5) is 16.4. The number of aryl methyl sites for hydroxylation is 1. The fraction of sp³-hybridized carbons (Fsp3) is 0.700. The zero-order valence-corrected chi connectivity index (χ0v) is 14.9. The third-order valence-corrected chi connectivity index (χ3v) is 6.23. The molecule has 4 nitrogen and oxygen atoms in total. The van der Waals surface area contributed by atoms with E-state index in [4.69, 9.17) is 5.73 Å². The highest BCUT2D eigenvalue weighted by Gasteiger charge is 2.38. The number of nitrogens with zero attached hydrogens (tertiary/aromatic N) is 1. The lowest BCUT2D eigenvalue weighted by Crippen LogP contribution is -2.53. The summed E-state index contributed by atoms with van der Waals surface area (Å²) in [6.07, 6.45) is 12.1. The number of carbonyl (C=O) groups is 1. The summed E-state index contributed by atoms with van der Waals surface area (Å²) in [5.41, 5.74) is 7.85. The zero-order valence-electron chi connectivity index (χ0n) is 14.9. The Labute approximate surface area is 145 Å². The first-order chi connectivity index (χ1) is 11.6. The fourth-order valence-corrected chi connectivity index (χ4v) is 4.65. The van der Waals surface area contributed by atoms with Gasteiger partial charge < -0.3 is 11.1 Å². The second-order valence-electron chi connectivity index (χ2n) is 7.79. The first-order valence-corrected chi connectivity index (χ1v) is 9.57. The summed E-state index contributed by atoms with van der Waals surface area (Å²) in [6.45, 7) is 3.09. The van der Waals surface area contributed by atoms with Crippen LogP contribution >= 0.6 is 0 Å². The standard InChI is InChI=1S/C20H31N3O/c1-15-5-4-13-22-18(15)17-8-6-16(7-9-17)10-14-23-20(19(21)24)11-2-3-12-20/h4-5,13,16-17,23H,2-3,6-12,14H2,1H3,(H2,21,24). The van der Waals surface area contributed by atoms with Gasteiger partial charge in [-0.2, -0.15) is 0 Å². The van der Waals surface area contributed by atoms with E-state index < -0.39 is 5.54 Å². The zero-order chi connectivity index (χ0) is 17.0. The molecule has 0 unspecified atom stereocenters. The number of amides is 1. The Morgan fingerprint density at radius 3 is 2.62 bits per heavy atom. The van der Waals surface area contributed by atoms with Gasteiger partial charge in [-0.05, 0) is 76.0 Å². The van der Waals surface area contributed by atoms with Crippen LogP contribution in [0.15, 0.2) is 18.3 Å². The van der Waals surface area contributed by atoms with Crippen LogP contribution < -0.4 is 11.1 Å². The second kappa shape index (κ2) is 7.64. The van der Waals surface area contributed by atoms with Gasteiger partial charge in [-0.25, -0.2) is 0 Å². The van der Waals surface area contributed by atoms with E-state index in [0.717, 1.165) is 44.6 Å². The van der Waals surface area contributed by atoms with Crippen molar-refractivity contribution in [2.45, 2.75) is 76.2 Å². The smallest absolute Gasteiger partial charge is 0.237 e. The first-order valence-electron chi connectivity index (χ1n) is 9.57. The highest BCUT2D eigenvalue weighted by atomic mass is 16.1. The Hall–Kier alpha value is -1.42. The molecule has 0 aliphatic heterocycles. The van der Waals surface area contributed by atoms with Crippen molar-refractivity contribution >= 4 is 5.91 Å². The van der Waals surface area contributed by atoms with Crippen LogP contribution in [-0.4, -0.2) is 23.0 Å². The molecule has 0 radical (unpaired) electrons. The van der Waals surface area contributed by atoms with E-state index in [0.29, 0.717) is 5.92 Å². The molecular formula is C20H31N3O. The SMILES string of the molecule is Cc1cccnc1C1CCC(CCNC2(C(N)=O)CCCC2)CC1. The predicted molar refractivity (Wildman–Crippen MR) is 96.7 cm³/mol. The van der Waals surface area contributed by atoms with Crippen molar-refractivity contribution in [2.75, 3.05) is 6.54 Å². The fourth-order valence-electron chi connectivity index (χ4n) is 4.65. The van der Waals surface area contributed by atoms with Gasteiger partial charge in [0.05, 0.1) is 5.54 Å². The van der Waals surface area contributed by atoms with Crippen LogP contribution in [0.4, 0.5) is 0 Å². The molecule has 1 amide bonds. The summed E-state index contributed by atoms with van der Waals surface area (Å²) >= 11 is 0. The van der Waals surface area contributed by atoms with Gasteiger partial charge in [-0.15, -0.1) is 0 Å². The lowest BCUT2D eigenvalue weighted by Gasteiger charge is -2.31. The van der Waals surface area contributed by atoms with Crippen molar-refractivity contribution in [2.24, 2.45) is 11.7 Å². The number of rotatable bonds is 6. The van der Waals surface area contributed by atoms with Crippen LogP contribution in [-0.2, 0) is 4.79 Å². The van der Waals surface area contributed by atoms with E-state index in [1.54, 1.807) is 0 Å². The number of nitrogens with one attached hydrogen (secondary N) is 1. The Morgan fingerprint density at radius 1 is 1.29 bits per heavy atom. The van der Waals surface area contributed by atoms with E-state index in [2.05, 4.69) is 23.3 Å². The van der Waals surface area contributed by atoms with Crippen molar-refractivity contribution in [3.63, 3.8) is 0 Å². The molecule has 1 aromatic rings. The Bertz CT molecular complexity index is 558. The minimum absolute atomic E-state index is 0.158. The van der Waals surface area contributed by atoms with Gasteiger partial charge in [-0.3, -0.25) is 9.78 Å². The molecule has 24 heavy (non-hydrogen) atoms. The molecule has 2 saturated carbocycles. The number of carbonyl (C=O) groups excluding carboxylic acids is 1. The molecule has 132 valence electrons. The number of hydrogen-bond donors (Lipinski definition) is 2. The maximum Gasteiger partial charge on any atom is 0.237 e. The van der Waals surface area contributed by atoms with Gasteiger partial charge in [0.25, 0.3) is 0 Å². The average molecular weight is 329 g/mol. The van der Waals surface area contributed by atoms with Crippen LogP contribution in [0, 0.1) is 12.8 Å². The first kappa shape index (κ1) is 17.4. The monoisotopic (exact) mass is 329 g/mol. The van der Waals surface area contributed by atoms with Gasteiger partial charge >= 0.3 is 0 Å². The topological polar surface area (TPSA) is 68.0 Å². The van der Waals surface area contributed by atoms with E-state index >= 15 is 0 Å². The minimum atomic E-state index is -0.414. The maximum absolute atomic E-state index is 11.8. The Kier molecular flexibility index (Phi) is 5.54. The van der Waals surface area contributed by atoms with Crippen LogP contribution in [0.5, 0.6) is 0 Å². The van der Waals surface area contributed by atoms with E-state index in [9.17, 15) is 4.79 Å². The highest BCUT2D eigenvalue weighted by molar-refractivity contribution is 5.85. The summed E-state index contributed by atoms with van der Waals surface area (Å²) in [6, 6.07) is 4.19. The molecular weight excluding hydrogens is 298 g/mol. The molecule has 3 rings (SSSR count). The van der Waals surface area contributed by atoms with Crippen molar-refractivity contribution in [3.8, 4) is 0 Å². The molecule has 0 atom stereocenters. The van der Waals surface area contributed by atoms with Crippen molar-refractivity contribution in [1.82, 2.24) is 10.3 Å². The summed E-state index contributed by atoms with van der Waals surface area (Å²) in [5.74, 6) is 1.24. The van der Waals surface area contributed by atoms with Gasteiger partial charge in [0.15, 0.2) is 0 Å². The van der Waals surface area contributed by atoms with Crippen molar-refractivity contribution < 1.29 is 4.79 Å². The average Bonchev–Trinajstić information content (AvgIpc) is 3.06. The predicted octanol–water partition coefficient (Wildman–Crippen LogP) is 3.44. The van der Waals surface area contributed by atoms with Gasteiger partial charge in [0, 0.05) is 17.8 Å². The Morgan fingerprint density at radius 2 is 2.00 bits per heavy atom. The number of primary amides is 1. The lowest BCUT2D eigenvalue weighted by molar-refractivity contribution is -0.124. The molecule has 2 fully saturated rings. The van der Waals surface area contributed by atoms with Gasteiger partial charge in [0.1, 0.15) is 0 Å². The summed E-state index contributed by atoms with van der Waals surface area (Å²) < 4.78 is 0. The quantitative estimate of drug-likeness (QED) is 0.840. The molecule has 2 aliphatic rings. The molecule has 0 aromatic carbocycles. The number of hydrogen-bond acceptors (Lipinski definition) is 3. The molecule has 0 spiro atoms. The van der Waals surface area contributed by atoms with Crippen LogP contribution in [0.3, 0.4) is 0 Å². The third-order valence-electron chi connectivity index (χ3n) is 6.23. The van der Waals surface area contributed by atoms with Crippen molar-refractivity contribution in [1.29, 1.82) is 0 Å². The number of aromatic nitrogens is 1. The van der Waals surface area contributed by atoms with E-state index in [1.807, 2.05) is 12.3 Å². The van der Waals surface area contributed by atoms with E-state index in [-0.39, 0.29) is 5.91 Å². The second-order valence-corrected chi connectivity index (χ2v) is 7.79. The maximum atomic E-state index is 11.8. The molecule has 1 heterocycles. The molecule has 1 aromatic heterocycles.